The van der Waals surface area contributed by atoms with Gasteiger partial charge < -0.3 is 4.74 Å². The lowest BCUT2D eigenvalue weighted by molar-refractivity contribution is -0.237. The molecule has 0 fully saturated rings. The summed E-state index contributed by atoms with van der Waals surface area (Å²) in [4.78, 5) is 0. The van der Waals surface area contributed by atoms with Gasteiger partial charge in [-0.1, -0.05) is 15.9 Å². The summed E-state index contributed by atoms with van der Waals surface area (Å²) in [7, 11) is 0. The lowest BCUT2D eigenvalue weighted by atomic mass is 10.2. The van der Waals surface area contributed by atoms with E-state index in [1.807, 2.05) is 0 Å². The molecule has 0 aliphatic rings. The Balaban J connectivity index is 4.09. The fraction of sp³-hybridized carbons (Fsp3) is 1.00. The van der Waals surface area contributed by atoms with Gasteiger partial charge >= 0.3 is 6.18 Å². The number of alkyl halides is 4. The van der Waals surface area contributed by atoms with Crippen molar-refractivity contribution < 1.29 is 17.9 Å². The standard InChI is InChI=1S/C7H12BrF3O/c1-5(7(9,10)11)12-6(2,3)4-8/h5H,4H2,1-3H3. The normalized spacial score (nSPS) is 16.2. The second kappa shape index (κ2) is 3.96. The highest BCUT2D eigenvalue weighted by atomic mass is 79.9. The third-order valence-electron chi connectivity index (χ3n) is 1.28. The number of hydrogen-bond acceptors (Lipinski definition) is 1. The predicted octanol–water partition coefficient (Wildman–Crippen LogP) is 3.13. The van der Waals surface area contributed by atoms with Crippen molar-refractivity contribution in [2.75, 3.05) is 5.33 Å². The zero-order valence-electron chi connectivity index (χ0n) is 7.20. The molecule has 0 saturated heterocycles. The number of halogens is 4. The van der Waals surface area contributed by atoms with Crippen LogP contribution in [0, 0.1) is 0 Å². The van der Waals surface area contributed by atoms with Gasteiger partial charge in [0.05, 0.1) is 5.60 Å². The highest BCUT2D eigenvalue weighted by molar-refractivity contribution is 9.09. The van der Waals surface area contributed by atoms with Gasteiger partial charge in [0, 0.05) is 5.33 Å². The van der Waals surface area contributed by atoms with Crippen molar-refractivity contribution in [3.63, 3.8) is 0 Å². The third kappa shape index (κ3) is 4.30. The van der Waals surface area contributed by atoms with Crippen molar-refractivity contribution >= 4 is 15.9 Å². The van der Waals surface area contributed by atoms with E-state index < -0.39 is 17.9 Å². The molecule has 0 aliphatic heterocycles. The maximum Gasteiger partial charge on any atom is 0.414 e. The van der Waals surface area contributed by atoms with Gasteiger partial charge in [-0.25, -0.2) is 0 Å². The number of hydrogen-bond donors (Lipinski definition) is 0. The molecule has 12 heavy (non-hydrogen) atoms. The fourth-order valence-electron chi connectivity index (χ4n) is 0.577. The van der Waals surface area contributed by atoms with E-state index in [1.54, 1.807) is 13.8 Å². The Morgan fingerprint density at radius 3 is 2.00 bits per heavy atom. The largest absolute Gasteiger partial charge is 0.414 e. The average molecular weight is 249 g/mol. The summed E-state index contributed by atoms with van der Waals surface area (Å²) in [5.74, 6) is 0. The van der Waals surface area contributed by atoms with Gasteiger partial charge in [0.2, 0.25) is 0 Å². The lowest BCUT2D eigenvalue weighted by Crippen LogP contribution is -2.38. The van der Waals surface area contributed by atoms with Crippen LogP contribution < -0.4 is 0 Å². The summed E-state index contributed by atoms with van der Waals surface area (Å²) in [5, 5.41) is 0.375. The molecule has 0 aromatic rings. The molecule has 74 valence electrons. The molecular weight excluding hydrogens is 237 g/mol. The average Bonchev–Trinajstić information content (AvgIpc) is 1.85. The summed E-state index contributed by atoms with van der Waals surface area (Å²) in [6.45, 7) is 4.21. The molecule has 0 radical (unpaired) electrons. The molecule has 5 heteroatoms. The molecule has 1 atom stereocenters. The minimum absolute atomic E-state index is 0.375. The van der Waals surface area contributed by atoms with Crippen LogP contribution >= 0.6 is 15.9 Å². The maximum absolute atomic E-state index is 12.0. The van der Waals surface area contributed by atoms with Gasteiger partial charge in [0.1, 0.15) is 0 Å². The van der Waals surface area contributed by atoms with Gasteiger partial charge in [-0.2, -0.15) is 13.2 Å². The number of rotatable bonds is 3. The Morgan fingerprint density at radius 2 is 1.75 bits per heavy atom. The SMILES string of the molecule is CC(OC(C)(C)CBr)C(F)(F)F. The Kier molecular flexibility index (Phi) is 4.03. The smallest absolute Gasteiger partial charge is 0.362 e. The molecule has 0 amide bonds. The van der Waals surface area contributed by atoms with E-state index in [9.17, 15) is 13.2 Å². The molecule has 1 unspecified atom stereocenters. The van der Waals surface area contributed by atoms with Crippen LogP contribution in [0.1, 0.15) is 20.8 Å². The summed E-state index contributed by atoms with van der Waals surface area (Å²) >= 11 is 3.07. The summed E-state index contributed by atoms with van der Waals surface area (Å²) in [5.41, 5.74) is -0.783. The predicted molar refractivity (Wildman–Crippen MR) is 44.5 cm³/mol. The molecule has 0 heterocycles. The van der Waals surface area contributed by atoms with Crippen LogP contribution in [0.2, 0.25) is 0 Å². The van der Waals surface area contributed by atoms with Crippen LogP contribution in [0.5, 0.6) is 0 Å². The minimum Gasteiger partial charge on any atom is -0.362 e. The zero-order valence-corrected chi connectivity index (χ0v) is 8.79. The van der Waals surface area contributed by atoms with E-state index in [-0.39, 0.29) is 0 Å². The summed E-state index contributed by atoms with van der Waals surface area (Å²) in [6.07, 6.45) is -6.00. The Morgan fingerprint density at radius 1 is 1.33 bits per heavy atom. The second-order valence-corrected chi connectivity index (χ2v) is 3.76. The topological polar surface area (TPSA) is 9.23 Å². The van der Waals surface area contributed by atoms with Crippen LogP contribution in [0.4, 0.5) is 13.2 Å². The first-order valence-electron chi connectivity index (χ1n) is 3.49. The van der Waals surface area contributed by atoms with E-state index in [0.29, 0.717) is 5.33 Å². The van der Waals surface area contributed by atoms with Crippen molar-refractivity contribution in [1.29, 1.82) is 0 Å². The summed E-state index contributed by atoms with van der Waals surface area (Å²) in [6, 6.07) is 0. The van der Waals surface area contributed by atoms with Gasteiger partial charge in [-0.15, -0.1) is 0 Å². The Labute approximate surface area is 78.4 Å². The molecule has 0 aliphatic carbocycles. The highest BCUT2D eigenvalue weighted by Gasteiger charge is 2.39. The third-order valence-corrected chi connectivity index (χ3v) is 2.63. The summed E-state index contributed by atoms with van der Waals surface area (Å²) < 4.78 is 40.7. The van der Waals surface area contributed by atoms with Crippen molar-refractivity contribution in [2.45, 2.75) is 38.7 Å². The van der Waals surface area contributed by atoms with Crippen molar-refractivity contribution in [1.82, 2.24) is 0 Å². The van der Waals surface area contributed by atoms with E-state index in [0.717, 1.165) is 6.92 Å². The molecule has 0 saturated carbocycles. The van der Waals surface area contributed by atoms with Gasteiger partial charge in [-0.3, -0.25) is 0 Å². The van der Waals surface area contributed by atoms with Crippen LogP contribution in [-0.2, 0) is 4.74 Å². The van der Waals surface area contributed by atoms with Crippen molar-refractivity contribution in [3.8, 4) is 0 Å². The number of ether oxygens (including phenoxy) is 1. The Bertz CT molecular complexity index is 144. The van der Waals surface area contributed by atoms with Crippen LogP contribution in [0.15, 0.2) is 0 Å². The Hall–Kier alpha value is 0.230. The van der Waals surface area contributed by atoms with Gasteiger partial charge in [-0.05, 0) is 20.8 Å². The minimum atomic E-state index is -4.28. The lowest BCUT2D eigenvalue weighted by Gasteiger charge is -2.28. The van der Waals surface area contributed by atoms with E-state index in [4.69, 9.17) is 4.74 Å². The second-order valence-electron chi connectivity index (χ2n) is 3.20. The molecule has 0 bridgehead atoms. The molecular formula is C7H12BrF3O. The molecule has 0 spiro atoms. The van der Waals surface area contributed by atoms with E-state index in [2.05, 4.69) is 15.9 Å². The van der Waals surface area contributed by atoms with Crippen LogP contribution in [0.3, 0.4) is 0 Å². The van der Waals surface area contributed by atoms with Gasteiger partial charge in [0.15, 0.2) is 6.10 Å². The van der Waals surface area contributed by atoms with E-state index in [1.165, 1.54) is 0 Å². The first kappa shape index (κ1) is 12.2. The quantitative estimate of drug-likeness (QED) is 0.698. The van der Waals surface area contributed by atoms with Crippen LogP contribution in [0.25, 0.3) is 0 Å². The zero-order chi connectivity index (χ0) is 9.99. The molecule has 1 nitrogen and oxygen atoms in total. The van der Waals surface area contributed by atoms with Crippen molar-refractivity contribution in [3.05, 3.63) is 0 Å². The van der Waals surface area contributed by atoms with E-state index >= 15 is 0 Å². The fourth-order valence-corrected chi connectivity index (χ4v) is 0.709. The maximum atomic E-state index is 12.0. The molecule has 0 aromatic heterocycles. The first-order chi connectivity index (χ1) is 5.19. The van der Waals surface area contributed by atoms with Crippen LogP contribution in [-0.4, -0.2) is 23.2 Å². The van der Waals surface area contributed by atoms with Crippen molar-refractivity contribution in [2.24, 2.45) is 0 Å². The highest BCUT2D eigenvalue weighted by Crippen LogP contribution is 2.27. The molecule has 0 aromatic carbocycles. The molecule has 0 N–H and O–H groups in total. The first-order valence-corrected chi connectivity index (χ1v) is 4.62. The monoisotopic (exact) mass is 248 g/mol. The van der Waals surface area contributed by atoms with Gasteiger partial charge in [0.25, 0.3) is 0 Å². The molecule has 0 rings (SSSR count).